The third kappa shape index (κ3) is 4.49. The molecule has 0 radical (unpaired) electrons. The van der Waals surface area contributed by atoms with E-state index in [-0.39, 0.29) is 17.8 Å². The van der Waals surface area contributed by atoms with Crippen molar-refractivity contribution in [2.45, 2.75) is 12.8 Å². The first-order valence-electron chi connectivity index (χ1n) is 6.95. The highest BCUT2D eigenvalue weighted by Crippen LogP contribution is 2.29. The maximum Gasteiger partial charge on any atom is 0.292 e. The SMILES string of the molecule is [N-]=[N+]=Nc1ccc(NCCc2cncc(CC=O)n2)c([N+](=O)[O-])c1. The number of rotatable bonds is 8. The minimum absolute atomic E-state index is 0.169. The van der Waals surface area contributed by atoms with E-state index in [9.17, 15) is 14.9 Å². The van der Waals surface area contributed by atoms with Crippen molar-refractivity contribution in [1.29, 1.82) is 0 Å². The summed E-state index contributed by atoms with van der Waals surface area (Å²) in [6.07, 6.45) is 4.52. The molecule has 0 fully saturated rings. The van der Waals surface area contributed by atoms with Crippen LogP contribution in [0, 0.1) is 10.1 Å². The Bertz CT molecular complexity index is 803. The molecule has 1 N–H and O–H groups in total. The molecule has 1 heterocycles. The average molecular weight is 327 g/mol. The Kier molecular flexibility index (Phi) is 5.76. The number of benzene rings is 1. The fourth-order valence-electron chi connectivity index (χ4n) is 2.02. The number of carbonyl (C=O) groups excluding carboxylic acids is 1. The van der Waals surface area contributed by atoms with Crippen molar-refractivity contribution in [2.75, 3.05) is 11.9 Å². The van der Waals surface area contributed by atoms with Crippen LogP contribution in [0.15, 0.2) is 35.7 Å². The number of nitrogens with zero attached hydrogens (tertiary/aromatic N) is 6. The number of hydrogen-bond donors (Lipinski definition) is 1. The van der Waals surface area contributed by atoms with Gasteiger partial charge in [0.2, 0.25) is 0 Å². The molecule has 122 valence electrons. The van der Waals surface area contributed by atoms with E-state index in [1.807, 2.05) is 0 Å². The quantitative estimate of drug-likeness (QED) is 0.197. The van der Waals surface area contributed by atoms with Crippen molar-refractivity contribution in [3.8, 4) is 0 Å². The molecule has 0 saturated heterocycles. The van der Waals surface area contributed by atoms with Crippen LogP contribution >= 0.6 is 0 Å². The molecule has 0 atom stereocenters. The van der Waals surface area contributed by atoms with Crippen LogP contribution in [-0.4, -0.2) is 27.7 Å². The zero-order valence-corrected chi connectivity index (χ0v) is 12.5. The summed E-state index contributed by atoms with van der Waals surface area (Å²) in [6, 6.07) is 4.17. The van der Waals surface area contributed by atoms with Crippen molar-refractivity contribution in [1.82, 2.24) is 9.97 Å². The number of hydrogen-bond acceptors (Lipinski definition) is 7. The molecule has 0 aliphatic rings. The third-order valence-electron chi connectivity index (χ3n) is 3.06. The standard InChI is InChI=1S/C14H13N7O3/c15-20-19-10-1-2-13(14(7-10)21(23)24)17-5-3-11-8-16-9-12(18-11)4-6-22/h1-2,6-9,17H,3-5H2. The second kappa shape index (κ2) is 8.20. The molecule has 1 aromatic heterocycles. The lowest BCUT2D eigenvalue weighted by Gasteiger charge is -2.07. The number of aldehydes is 1. The second-order valence-corrected chi connectivity index (χ2v) is 4.70. The van der Waals surface area contributed by atoms with Crippen LogP contribution in [0.2, 0.25) is 0 Å². The van der Waals surface area contributed by atoms with E-state index in [0.717, 1.165) is 6.29 Å². The van der Waals surface area contributed by atoms with Gasteiger partial charge in [0.25, 0.3) is 5.69 Å². The van der Waals surface area contributed by atoms with Gasteiger partial charge in [-0.05, 0) is 11.6 Å². The lowest BCUT2D eigenvalue weighted by atomic mass is 10.2. The van der Waals surface area contributed by atoms with Gasteiger partial charge < -0.3 is 10.1 Å². The van der Waals surface area contributed by atoms with Gasteiger partial charge in [0.1, 0.15) is 12.0 Å². The highest BCUT2D eigenvalue weighted by atomic mass is 16.6. The fraction of sp³-hybridized carbons (Fsp3) is 0.214. The smallest absolute Gasteiger partial charge is 0.292 e. The Morgan fingerprint density at radius 3 is 2.88 bits per heavy atom. The number of anilines is 1. The molecule has 1 aromatic carbocycles. The first-order valence-corrected chi connectivity index (χ1v) is 6.95. The number of nitro benzene ring substituents is 1. The summed E-state index contributed by atoms with van der Waals surface area (Å²) >= 11 is 0. The number of carbonyl (C=O) groups is 1. The molecule has 10 nitrogen and oxygen atoms in total. The highest BCUT2D eigenvalue weighted by Gasteiger charge is 2.14. The summed E-state index contributed by atoms with van der Waals surface area (Å²) in [7, 11) is 0. The molecular formula is C14H13N7O3. The Balaban J connectivity index is 2.06. The topological polar surface area (TPSA) is 147 Å². The Morgan fingerprint density at radius 1 is 1.38 bits per heavy atom. The maximum absolute atomic E-state index is 11.1. The molecule has 0 spiro atoms. The zero-order chi connectivity index (χ0) is 17.4. The Morgan fingerprint density at radius 2 is 2.17 bits per heavy atom. The van der Waals surface area contributed by atoms with Gasteiger partial charge in [0.15, 0.2) is 0 Å². The van der Waals surface area contributed by atoms with Gasteiger partial charge in [-0.3, -0.25) is 20.1 Å². The maximum atomic E-state index is 11.1. The van der Waals surface area contributed by atoms with Crippen LogP contribution in [-0.2, 0) is 17.6 Å². The minimum Gasteiger partial charge on any atom is -0.379 e. The fourth-order valence-corrected chi connectivity index (χ4v) is 2.02. The summed E-state index contributed by atoms with van der Waals surface area (Å²) in [5.74, 6) is 0. The van der Waals surface area contributed by atoms with E-state index in [1.54, 1.807) is 6.20 Å². The molecule has 0 saturated carbocycles. The summed E-state index contributed by atoms with van der Waals surface area (Å²) in [5.41, 5.74) is 9.94. The molecule has 0 amide bonds. The second-order valence-electron chi connectivity index (χ2n) is 4.70. The number of aromatic nitrogens is 2. The zero-order valence-electron chi connectivity index (χ0n) is 12.5. The first kappa shape index (κ1) is 16.8. The van der Waals surface area contributed by atoms with Crippen molar-refractivity contribution >= 4 is 23.3 Å². The van der Waals surface area contributed by atoms with Crippen LogP contribution in [0.5, 0.6) is 0 Å². The Labute approximate surface area is 136 Å². The summed E-state index contributed by atoms with van der Waals surface area (Å²) < 4.78 is 0. The minimum atomic E-state index is -0.552. The van der Waals surface area contributed by atoms with E-state index in [1.165, 1.54) is 24.4 Å². The Hall–Kier alpha value is -3.52. The molecule has 0 aliphatic carbocycles. The third-order valence-corrected chi connectivity index (χ3v) is 3.06. The summed E-state index contributed by atoms with van der Waals surface area (Å²) in [6.45, 7) is 0.390. The molecule has 24 heavy (non-hydrogen) atoms. The van der Waals surface area contributed by atoms with Crippen molar-refractivity contribution < 1.29 is 9.72 Å². The molecule has 0 aliphatic heterocycles. The van der Waals surface area contributed by atoms with Gasteiger partial charge in [0, 0.05) is 48.4 Å². The summed E-state index contributed by atoms with van der Waals surface area (Å²) in [4.78, 5) is 31.9. The largest absolute Gasteiger partial charge is 0.379 e. The number of nitrogens with one attached hydrogen (secondary N) is 1. The molecule has 0 bridgehead atoms. The van der Waals surface area contributed by atoms with Gasteiger partial charge >= 0.3 is 0 Å². The van der Waals surface area contributed by atoms with Crippen LogP contribution < -0.4 is 5.32 Å². The van der Waals surface area contributed by atoms with Gasteiger partial charge in [-0.1, -0.05) is 11.2 Å². The van der Waals surface area contributed by atoms with Crippen LogP contribution in [0.25, 0.3) is 10.4 Å². The first-order chi connectivity index (χ1) is 11.6. The molecule has 0 unspecified atom stereocenters. The predicted octanol–water partition coefficient (Wildman–Crippen LogP) is 2.72. The van der Waals surface area contributed by atoms with Crippen molar-refractivity contribution in [3.63, 3.8) is 0 Å². The van der Waals surface area contributed by atoms with Gasteiger partial charge in [-0.2, -0.15) is 0 Å². The molecule has 10 heteroatoms. The lowest BCUT2D eigenvalue weighted by Crippen LogP contribution is -2.09. The monoisotopic (exact) mass is 327 g/mol. The van der Waals surface area contributed by atoms with E-state index in [4.69, 9.17) is 5.53 Å². The van der Waals surface area contributed by atoms with Crippen molar-refractivity contribution in [2.24, 2.45) is 5.11 Å². The van der Waals surface area contributed by atoms with E-state index >= 15 is 0 Å². The van der Waals surface area contributed by atoms with Crippen LogP contribution in [0.1, 0.15) is 11.4 Å². The molecule has 2 aromatic rings. The predicted molar refractivity (Wildman–Crippen MR) is 85.9 cm³/mol. The normalized spacial score (nSPS) is 9.83. The number of nitro groups is 1. The van der Waals surface area contributed by atoms with Gasteiger partial charge in [-0.25, -0.2) is 0 Å². The van der Waals surface area contributed by atoms with E-state index < -0.39 is 4.92 Å². The molecule has 2 rings (SSSR count). The lowest BCUT2D eigenvalue weighted by molar-refractivity contribution is -0.383. The van der Waals surface area contributed by atoms with Crippen molar-refractivity contribution in [3.05, 3.63) is 62.5 Å². The summed E-state index contributed by atoms with van der Waals surface area (Å²) in [5, 5.41) is 17.4. The van der Waals surface area contributed by atoms with Gasteiger partial charge in [0.05, 0.1) is 16.3 Å². The van der Waals surface area contributed by atoms with Gasteiger partial charge in [-0.15, -0.1) is 0 Å². The van der Waals surface area contributed by atoms with Crippen LogP contribution in [0.4, 0.5) is 17.1 Å². The average Bonchev–Trinajstić information content (AvgIpc) is 2.57. The van der Waals surface area contributed by atoms with Crippen LogP contribution in [0.3, 0.4) is 0 Å². The molecular weight excluding hydrogens is 314 g/mol. The number of azide groups is 1. The van der Waals surface area contributed by atoms with E-state index in [2.05, 4.69) is 25.3 Å². The highest BCUT2D eigenvalue weighted by molar-refractivity contribution is 5.66. The van der Waals surface area contributed by atoms with E-state index in [0.29, 0.717) is 30.0 Å².